The number of rotatable bonds is 8. The summed E-state index contributed by atoms with van der Waals surface area (Å²) in [5.74, 6) is 0.444. The molecular formula is C16H26N2O3. The van der Waals surface area contributed by atoms with Crippen molar-refractivity contribution in [3.05, 3.63) is 17.8 Å². The number of anilines is 1. The van der Waals surface area contributed by atoms with Gasteiger partial charge in [0.2, 0.25) is 5.88 Å². The zero-order valence-corrected chi connectivity index (χ0v) is 13.7. The fraction of sp³-hybridized carbons (Fsp3) is 0.625. The Hall–Kier alpha value is -1.62. The van der Waals surface area contributed by atoms with Crippen molar-refractivity contribution in [2.24, 2.45) is 0 Å². The molecule has 1 aromatic rings. The summed E-state index contributed by atoms with van der Waals surface area (Å²) in [7, 11) is 0. The highest BCUT2D eigenvalue weighted by Gasteiger charge is 2.32. The van der Waals surface area contributed by atoms with Crippen LogP contribution in [-0.2, 0) is 9.53 Å². The van der Waals surface area contributed by atoms with Crippen molar-refractivity contribution in [1.82, 2.24) is 4.98 Å². The zero-order chi connectivity index (χ0) is 15.9. The minimum absolute atomic E-state index is 0.149. The Bertz CT molecular complexity index is 477. The minimum Gasteiger partial charge on any atom is -0.478 e. The number of ether oxygens (including phenoxy) is 2. The second-order valence-electron chi connectivity index (χ2n) is 5.17. The van der Waals surface area contributed by atoms with Gasteiger partial charge in [-0.15, -0.1) is 0 Å². The summed E-state index contributed by atoms with van der Waals surface area (Å²) in [5.41, 5.74) is 0.728. The summed E-state index contributed by atoms with van der Waals surface area (Å²) in [6, 6.07) is 1.85. The largest absolute Gasteiger partial charge is 0.478 e. The first kappa shape index (κ1) is 17.4. The van der Waals surface area contributed by atoms with Gasteiger partial charge in [0.1, 0.15) is 5.60 Å². The van der Waals surface area contributed by atoms with Gasteiger partial charge >= 0.3 is 0 Å². The van der Waals surface area contributed by atoms with Gasteiger partial charge in [-0.05, 0) is 39.7 Å². The SMILES string of the molecule is CCCO[C@](C)(CC)C(=O)Nc1cnc(OCC)c(C)c1. The number of hydrogen-bond acceptors (Lipinski definition) is 4. The molecule has 1 atom stereocenters. The van der Waals surface area contributed by atoms with Crippen LogP contribution in [0.25, 0.3) is 0 Å². The molecule has 1 amide bonds. The number of hydrogen-bond donors (Lipinski definition) is 1. The van der Waals surface area contributed by atoms with Crippen LogP contribution in [0.2, 0.25) is 0 Å². The second-order valence-corrected chi connectivity index (χ2v) is 5.17. The third-order valence-electron chi connectivity index (χ3n) is 3.35. The van der Waals surface area contributed by atoms with E-state index in [1.807, 2.05) is 40.7 Å². The molecule has 118 valence electrons. The first-order chi connectivity index (χ1) is 9.96. The van der Waals surface area contributed by atoms with E-state index < -0.39 is 5.60 Å². The number of aryl methyl sites for hydroxylation is 1. The average Bonchev–Trinajstić information content (AvgIpc) is 2.47. The number of nitrogens with one attached hydrogen (secondary N) is 1. The van der Waals surface area contributed by atoms with Gasteiger partial charge in [0, 0.05) is 12.2 Å². The van der Waals surface area contributed by atoms with Crippen molar-refractivity contribution in [1.29, 1.82) is 0 Å². The van der Waals surface area contributed by atoms with Crippen molar-refractivity contribution in [2.75, 3.05) is 18.5 Å². The molecule has 0 fully saturated rings. The monoisotopic (exact) mass is 294 g/mol. The topological polar surface area (TPSA) is 60.5 Å². The summed E-state index contributed by atoms with van der Waals surface area (Å²) >= 11 is 0. The van der Waals surface area contributed by atoms with Crippen LogP contribution in [0.1, 0.15) is 46.1 Å². The maximum atomic E-state index is 12.4. The molecule has 0 unspecified atom stereocenters. The summed E-state index contributed by atoms with van der Waals surface area (Å²) in [6.07, 6.45) is 3.10. The summed E-state index contributed by atoms with van der Waals surface area (Å²) in [6.45, 7) is 10.7. The van der Waals surface area contributed by atoms with Crippen LogP contribution in [0.3, 0.4) is 0 Å². The first-order valence-electron chi connectivity index (χ1n) is 7.51. The van der Waals surface area contributed by atoms with Gasteiger partial charge in [-0.25, -0.2) is 4.98 Å². The Morgan fingerprint density at radius 2 is 2.10 bits per heavy atom. The van der Waals surface area contributed by atoms with E-state index in [2.05, 4.69) is 10.3 Å². The Morgan fingerprint density at radius 3 is 2.62 bits per heavy atom. The molecule has 0 aliphatic carbocycles. The fourth-order valence-electron chi connectivity index (χ4n) is 1.84. The molecule has 1 aromatic heterocycles. The van der Waals surface area contributed by atoms with Crippen LogP contribution in [0.5, 0.6) is 5.88 Å². The lowest BCUT2D eigenvalue weighted by atomic mass is 10.0. The highest BCUT2D eigenvalue weighted by Crippen LogP contribution is 2.22. The molecule has 0 spiro atoms. The molecule has 1 heterocycles. The highest BCUT2D eigenvalue weighted by molar-refractivity contribution is 5.97. The van der Waals surface area contributed by atoms with E-state index in [1.165, 1.54) is 0 Å². The molecule has 1 rings (SSSR count). The van der Waals surface area contributed by atoms with Gasteiger partial charge in [-0.3, -0.25) is 4.79 Å². The van der Waals surface area contributed by atoms with E-state index >= 15 is 0 Å². The fourth-order valence-corrected chi connectivity index (χ4v) is 1.84. The maximum Gasteiger partial charge on any atom is 0.256 e. The molecule has 0 bridgehead atoms. The van der Waals surface area contributed by atoms with Crippen molar-refractivity contribution < 1.29 is 14.3 Å². The quantitative estimate of drug-likeness (QED) is 0.799. The Balaban J connectivity index is 2.79. The van der Waals surface area contributed by atoms with Crippen molar-refractivity contribution in [3.63, 3.8) is 0 Å². The van der Waals surface area contributed by atoms with Crippen molar-refractivity contribution in [2.45, 2.75) is 53.1 Å². The van der Waals surface area contributed by atoms with Crippen LogP contribution in [0.4, 0.5) is 5.69 Å². The Labute approximate surface area is 127 Å². The lowest BCUT2D eigenvalue weighted by molar-refractivity contribution is -0.139. The molecular weight excluding hydrogens is 268 g/mol. The van der Waals surface area contributed by atoms with Gasteiger partial charge in [-0.1, -0.05) is 13.8 Å². The lowest BCUT2D eigenvalue weighted by Crippen LogP contribution is -2.42. The maximum absolute atomic E-state index is 12.4. The molecule has 0 aliphatic heterocycles. The van der Waals surface area contributed by atoms with Gasteiger partial charge < -0.3 is 14.8 Å². The zero-order valence-electron chi connectivity index (χ0n) is 13.7. The molecule has 21 heavy (non-hydrogen) atoms. The molecule has 0 saturated carbocycles. The summed E-state index contributed by atoms with van der Waals surface area (Å²) < 4.78 is 11.1. The van der Waals surface area contributed by atoms with Crippen LogP contribution in [-0.4, -0.2) is 29.7 Å². The van der Waals surface area contributed by atoms with E-state index in [0.717, 1.165) is 12.0 Å². The molecule has 0 saturated heterocycles. The van der Waals surface area contributed by atoms with E-state index in [-0.39, 0.29) is 5.91 Å². The molecule has 5 nitrogen and oxygen atoms in total. The average molecular weight is 294 g/mol. The predicted molar refractivity (Wildman–Crippen MR) is 83.7 cm³/mol. The number of nitrogens with zero attached hydrogens (tertiary/aromatic N) is 1. The summed E-state index contributed by atoms with van der Waals surface area (Å²) in [5, 5.41) is 2.87. The number of pyridine rings is 1. The highest BCUT2D eigenvalue weighted by atomic mass is 16.5. The van der Waals surface area contributed by atoms with E-state index in [4.69, 9.17) is 9.47 Å². The number of carbonyl (C=O) groups excluding carboxylic acids is 1. The van der Waals surface area contributed by atoms with E-state index in [1.54, 1.807) is 6.20 Å². The number of amides is 1. The van der Waals surface area contributed by atoms with E-state index in [9.17, 15) is 4.79 Å². The number of aromatic nitrogens is 1. The van der Waals surface area contributed by atoms with Crippen molar-refractivity contribution >= 4 is 11.6 Å². The van der Waals surface area contributed by atoms with Crippen LogP contribution in [0.15, 0.2) is 12.3 Å². The first-order valence-corrected chi connectivity index (χ1v) is 7.51. The molecule has 1 N–H and O–H groups in total. The van der Waals surface area contributed by atoms with Crippen LogP contribution >= 0.6 is 0 Å². The lowest BCUT2D eigenvalue weighted by Gasteiger charge is -2.27. The number of carbonyl (C=O) groups is 1. The third-order valence-corrected chi connectivity index (χ3v) is 3.35. The predicted octanol–water partition coefficient (Wildman–Crippen LogP) is 3.32. The molecule has 0 radical (unpaired) electrons. The van der Waals surface area contributed by atoms with Crippen molar-refractivity contribution in [3.8, 4) is 5.88 Å². The standard InChI is InChI=1S/C16H26N2O3/c1-6-9-21-16(5,7-2)15(19)18-13-10-12(4)14(17-11-13)20-8-3/h10-11H,6-9H2,1-5H3,(H,18,19)/t16-/m1/s1. The smallest absolute Gasteiger partial charge is 0.256 e. The third kappa shape index (κ3) is 4.70. The summed E-state index contributed by atoms with van der Waals surface area (Å²) in [4.78, 5) is 16.6. The van der Waals surface area contributed by atoms with Gasteiger partial charge in [0.25, 0.3) is 5.91 Å². The minimum atomic E-state index is -0.817. The van der Waals surface area contributed by atoms with Gasteiger partial charge in [0.15, 0.2) is 0 Å². The van der Waals surface area contributed by atoms with Crippen LogP contribution < -0.4 is 10.1 Å². The molecule has 0 aromatic carbocycles. The Morgan fingerprint density at radius 1 is 1.38 bits per heavy atom. The normalized spacial score (nSPS) is 13.6. The van der Waals surface area contributed by atoms with Gasteiger partial charge in [-0.2, -0.15) is 0 Å². The second kappa shape index (κ2) is 7.98. The molecule has 0 aliphatic rings. The van der Waals surface area contributed by atoms with E-state index in [0.29, 0.717) is 31.2 Å². The van der Waals surface area contributed by atoms with Gasteiger partial charge in [0.05, 0.1) is 18.5 Å². The van der Waals surface area contributed by atoms with Crippen LogP contribution in [0, 0.1) is 6.92 Å². The Kier molecular flexibility index (Phi) is 6.62. The molecule has 5 heteroatoms.